The van der Waals surface area contributed by atoms with Gasteiger partial charge in [0.2, 0.25) is 0 Å². The van der Waals surface area contributed by atoms with Gasteiger partial charge < -0.3 is 9.84 Å². The minimum absolute atomic E-state index is 0.137. The molecule has 4 rings (SSSR count). The molecule has 2 aromatic carbocycles. The van der Waals surface area contributed by atoms with Gasteiger partial charge in [-0.2, -0.15) is 23.3 Å². The van der Waals surface area contributed by atoms with Crippen LogP contribution in [0.25, 0.3) is 0 Å². The quantitative estimate of drug-likeness (QED) is 0.681. The molecule has 176 valence electrons. The van der Waals surface area contributed by atoms with Gasteiger partial charge in [0.25, 0.3) is 11.6 Å². The lowest BCUT2D eigenvalue weighted by Gasteiger charge is -2.38. The second-order valence-electron chi connectivity index (χ2n) is 9.12. The summed E-state index contributed by atoms with van der Waals surface area (Å²) in [6.07, 6.45) is -3.31. The zero-order valence-corrected chi connectivity index (χ0v) is 18.6. The van der Waals surface area contributed by atoms with Crippen molar-refractivity contribution in [3.8, 4) is 5.75 Å². The van der Waals surface area contributed by atoms with Crippen molar-refractivity contribution in [1.82, 2.24) is 5.01 Å². The average Bonchev–Trinajstić information content (AvgIpc) is 3.12. The molecular formula is C25H27F3N2O3. The van der Waals surface area contributed by atoms with Crippen molar-refractivity contribution in [3.05, 3.63) is 65.7 Å². The van der Waals surface area contributed by atoms with Crippen LogP contribution in [0.5, 0.6) is 5.75 Å². The third-order valence-electron chi connectivity index (χ3n) is 6.70. The van der Waals surface area contributed by atoms with E-state index < -0.39 is 30.3 Å². The van der Waals surface area contributed by atoms with Gasteiger partial charge in [-0.05, 0) is 42.5 Å². The highest BCUT2D eigenvalue weighted by atomic mass is 19.4. The highest BCUT2D eigenvalue weighted by Gasteiger charge is 2.68. The van der Waals surface area contributed by atoms with Crippen molar-refractivity contribution >= 4 is 11.6 Å². The van der Waals surface area contributed by atoms with E-state index >= 15 is 0 Å². The molecule has 0 aromatic heterocycles. The normalized spacial score (nSPS) is 23.2. The fourth-order valence-electron chi connectivity index (χ4n) is 4.66. The smallest absolute Gasteiger partial charge is 0.439 e. The number of nitrogens with zero attached hydrogens (tertiary/aromatic N) is 2. The van der Waals surface area contributed by atoms with Crippen LogP contribution in [-0.2, 0) is 10.2 Å². The van der Waals surface area contributed by atoms with Crippen LogP contribution in [0.4, 0.5) is 13.2 Å². The maximum atomic E-state index is 13.8. The molecule has 2 atom stereocenters. The molecule has 5 nitrogen and oxygen atoms in total. The number of benzene rings is 2. The third-order valence-corrected chi connectivity index (χ3v) is 6.70. The first kappa shape index (κ1) is 23.3. The summed E-state index contributed by atoms with van der Waals surface area (Å²) in [5.74, 6) is -1.92. The summed E-state index contributed by atoms with van der Waals surface area (Å²) >= 11 is 0. The van der Waals surface area contributed by atoms with Gasteiger partial charge in [-0.3, -0.25) is 4.79 Å². The van der Waals surface area contributed by atoms with Crippen LogP contribution in [0.2, 0.25) is 0 Å². The van der Waals surface area contributed by atoms with E-state index in [-0.39, 0.29) is 22.6 Å². The number of hydrazone groups is 1. The Labute approximate surface area is 190 Å². The summed E-state index contributed by atoms with van der Waals surface area (Å²) in [6.45, 7) is 3.51. The first-order valence-corrected chi connectivity index (χ1v) is 11.0. The zero-order valence-electron chi connectivity index (χ0n) is 18.6. The van der Waals surface area contributed by atoms with E-state index in [1.54, 1.807) is 12.1 Å². The van der Waals surface area contributed by atoms with Crippen molar-refractivity contribution in [2.45, 2.75) is 56.8 Å². The number of ether oxygens (including phenoxy) is 1. The predicted octanol–water partition coefficient (Wildman–Crippen LogP) is 5.03. The molecule has 0 bridgehead atoms. The Morgan fingerprint density at radius 1 is 1.09 bits per heavy atom. The fourth-order valence-corrected chi connectivity index (χ4v) is 4.66. The Balaban J connectivity index is 1.47. The number of rotatable bonds is 5. The minimum Gasteiger partial charge on any atom is -0.484 e. The molecule has 33 heavy (non-hydrogen) atoms. The van der Waals surface area contributed by atoms with E-state index in [2.05, 4.69) is 18.9 Å². The van der Waals surface area contributed by atoms with E-state index in [1.165, 1.54) is 0 Å². The number of fused-ring (bicyclic) bond motifs is 1. The molecule has 2 aromatic rings. The number of carbonyl (C=O) groups excluding carboxylic acids is 1. The Kier molecular flexibility index (Phi) is 5.99. The number of alkyl halides is 3. The molecule has 1 N–H and O–H groups in total. The molecule has 1 amide bonds. The van der Waals surface area contributed by atoms with Crippen molar-refractivity contribution in [2.24, 2.45) is 11.0 Å². The molecule has 1 aliphatic heterocycles. The number of carbonyl (C=O) groups is 1. The largest absolute Gasteiger partial charge is 0.484 e. The van der Waals surface area contributed by atoms with Crippen LogP contribution in [0.15, 0.2) is 59.7 Å². The standard InChI is InChI=1S/C25H27F3N2O3/c1-23(2,17-8-4-3-5-9-17)18-12-14-19(15-13-18)33-16-22(31)30-24(32,25(26,27)28)20-10-6-7-11-21(20)29-30/h3-5,8-9,12-15,20,32H,6-7,10-11,16H2,1-2H3/t20-,24+/m0/s1. The van der Waals surface area contributed by atoms with Crippen molar-refractivity contribution in [1.29, 1.82) is 0 Å². The van der Waals surface area contributed by atoms with Crippen LogP contribution in [0, 0.1) is 5.92 Å². The van der Waals surface area contributed by atoms with Gasteiger partial charge in [-0.1, -0.05) is 62.7 Å². The van der Waals surface area contributed by atoms with Crippen molar-refractivity contribution in [3.63, 3.8) is 0 Å². The highest BCUT2D eigenvalue weighted by molar-refractivity contribution is 5.93. The molecule has 8 heteroatoms. The van der Waals surface area contributed by atoms with E-state index in [4.69, 9.17) is 4.74 Å². The Morgan fingerprint density at radius 3 is 2.36 bits per heavy atom. The number of amides is 1. The first-order chi connectivity index (χ1) is 15.5. The molecule has 0 saturated heterocycles. The fraction of sp³-hybridized carbons (Fsp3) is 0.440. The van der Waals surface area contributed by atoms with E-state index in [0.717, 1.165) is 11.1 Å². The third kappa shape index (κ3) is 4.12. The maximum absolute atomic E-state index is 13.8. The maximum Gasteiger partial charge on any atom is 0.439 e. The molecule has 2 aliphatic rings. The van der Waals surface area contributed by atoms with Crippen molar-refractivity contribution < 1.29 is 27.8 Å². The summed E-state index contributed by atoms with van der Waals surface area (Å²) in [7, 11) is 0. The lowest BCUT2D eigenvalue weighted by Crippen LogP contribution is -2.62. The van der Waals surface area contributed by atoms with Gasteiger partial charge in [0.05, 0.1) is 5.92 Å². The van der Waals surface area contributed by atoms with Crippen LogP contribution >= 0.6 is 0 Å². The predicted molar refractivity (Wildman–Crippen MR) is 118 cm³/mol. The van der Waals surface area contributed by atoms with Gasteiger partial charge >= 0.3 is 6.18 Å². The number of hydrogen-bond acceptors (Lipinski definition) is 4. The molecule has 1 fully saturated rings. The van der Waals surface area contributed by atoms with Crippen LogP contribution in [0.1, 0.15) is 50.7 Å². The van der Waals surface area contributed by atoms with Crippen LogP contribution < -0.4 is 4.74 Å². The SMILES string of the molecule is CC(C)(c1ccccc1)c1ccc(OCC(=O)N2N=C3CCCC[C@@H]3[C@@]2(O)C(F)(F)F)cc1. The Morgan fingerprint density at radius 2 is 1.73 bits per heavy atom. The second kappa shape index (κ2) is 8.48. The monoisotopic (exact) mass is 460 g/mol. The number of hydrogen-bond donors (Lipinski definition) is 1. The van der Waals surface area contributed by atoms with E-state index in [1.807, 2.05) is 42.5 Å². The number of aliphatic hydroxyl groups is 1. The Hall–Kier alpha value is -2.87. The van der Waals surface area contributed by atoms with Gasteiger partial charge in [-0.25, -0.2) is 0 Å². The topological polar surface area (TPSA) is 62.1 Å². The zero-order chi connectivity index (χ0) is 23.9. The van der Waals surface area contributed by atoms with Crippen LogP contribution in [-0.4, -0.2) is 40.2 Å². The molecular weight excluding hydrogens is 433 g/mol. The molecule has 1 heterocycles. The summed E-state index contributed by atoms with van der Waals surface area (Å²) in [6, 6.07) is 17.1. The highest BCUT2D eigenvalue weighted by Crippen LogP contribution is 2.48. The summed E-state index contributed by atoms with van der Waals surface area (Å²) in [5.41, 5.74) is -1.21. The lowest BCUT2D eigenvalue weighted by molar-refractivity contribution is -0.317. The molecule has 0 radical (unpaired) electrons. The summed E-state index contributed by atoms with van der Waals surface area (Å²) in [4.78, 5) is 12.7. The van der Waals surface area contributed by atoms with Crippen LogP contribution in [0.3, 0.4) is 0 Å². The number of halogens is 3. The minimum atomic E-state index is -5.03. The molecule has 1 saturated carbocycles. The second-order valence-corrected chi connectivity index (χ2v) is 9.12. The van der Waals surface area contributed by atoms with Gasteiger partial charge in [0.1, 0.15) is 5.75 Å². The first-order valence-electron chi connectivity index (χ1n) is 11.0. The Bertz CT molecular complexity index is 1040. The lowest BCUT2D eigenvalue weighted by atomic mass is 9.78. The molecule has 0 unspecified atom stereocenters. The summed E-state index contributed by atoms with van der Waals surface area (Å²) in [5, 5.41) is 14.7. The van der Waals surface area contributed by atoms with Gasteiger partial charge in [0.15, 0.2) is 6.61 Å². The molecule has 0 spiro atoms. The van der Waals surface area contributed by atoms with Crippen molar-refractivity contribution in [2.75, 3.05) is 6.61 Å². The van der Waals surface area contributed by atoms with Gasteiger partial charge in [0, 0.05) is 11.1 Å². The van der Waals surface area contributed by atoms with E-state index in [0.29, 0.717) is 25.0 Å². The average molecular weight is 460 g/mol. The van der Waals surface area contributed by atoms with E-state index in [9.17, 15) is 23.1 Å². The summed E-state index contributed by atoms with van der Waals surface area (Å²) < 4.78 is 47.0. The van der Waals surface area contributed by atoms with Gasteiger partial charge in [-0.15, -0.1) is 0 Å². The molecule has 1 aliphatic carbocycles.